The van der Waals surface area contributed by atoms with Crippen molar-refractivity contribution in [1.29, 1.82) is 0 Å². The Hall–Kier alpha value is -2.00. The maximum Gasteiger partial charge on any atom is 0.123 e. The summed E-state index contributed by atoms with van der Waals surface area (Å²) in [5.74, 6) is 1.06. The summed E-state index contributed by atoms with van der Waals surface area (Å²) in [6.07, 6.45) is 4.70. The van der Waals surface area contributed by atoms with Crippen LogP contribution in [-0.4, -0.2) is 13.0 Å². The molecular weight excluding hydrogens is 301 g/mol. The molecule has 2 nitrogen and oxygen atoms in total. The monoisotopic (exact) mass is 319 g/mol. The van der Waals surface area contributed by atoms with Crippen LogP contribution in [0.3, 0.4) is 0 Å². The van der Waals surface area contributed by atoms with Crippen molar-refractivity contribution in [2.24, 2.45) is 0 Å². The van der Waals surface area contributed by atoms with Crippen LogP contribution in [0.5, 0.6) is 5.75 Å². The zero-order valence-electron chi connectivity index (χ0n) is 12.4. The summed E-state index contributed by atoms with van der Waals surface area (Å²) in [7, 11) is 1.64. The number of halogens is 2. The summed E-state index contributed by atoms with van der Waals surface area (Å²) >= 11 is 5.67. The number of methoxy groups -OCH3 is 1. The minimum absolute atomic E-state index is 0.0495. The molecule has 0 unspecified atom stereocenters. The van der Waals surface area contributed by atoms with E-state index in [9.17, 15) is 4.39 Å². The average molecular weight is 320 g/mol. The Morgan fingerprint density at radius 1 is 1.09 bits per heavy atom. The lowest BCUT2D eigenvalue weighted by atomic mass is 10.0. The topological polar surface area (TPSA) is 21.3 Å². The first-order valence-electron chi connectivity index (χ1n) is 7.10. The molecule has 0 aliphatic heterocycles. The molecule has 0 saturated heterocycles. The largest absolute Gasteiger partial charge is 0.497 e. The Bertz CT molecular complexity index is 595. The molecule has 0 amide bonds. The highest BCUT2D eigenvalue weighted by Gasteiger charge is 2.10. The fraction of sp³-hybridized carbons (Fsp3) is 0.222. The van der Waals surface area contributed by atoms with E-state index in [1.54, 1.807) is 19.2 Å². The van der Waals surface area contributed by atoms with Gasteiger partial charge in [0, 0.05) is 11.6 Å². The maximum absolute atomic E-state index is 13.1. The van der Waals surface area contributed by atoms with Crippen LogP contribution >= 0.6 is 11.6 Å². The van der Waals surface area contributed by atoms with Gasteiger partial charge in [-0.1, -0.05) is 24.3 Å². The minimum Gasteiger partial charge on any atom is -0.497 e. The molecule has 1 N–H and O–H groups in total. The number of hydrogen-bond donors (Lipinski definition) is 1. The smallest absolute Gasteiger partial charge is 0.123 e. The van der Waals surface area contributed by atoms with Gasteiger partial charge < -0.3 is 10.1 Å². The van der Waals surface area contributed by atoms with E-state index in [1.807, 2.05) is 36.4 Å². The first-order chi connectivity index (χ1) is 10.7. The summed E-state index contributed by atoms with van der Waals surface area (Å²) in [5, 5.41) is 3.45. The number of ether oxygens (including phenoxy) is 1. The Morgan fingerprint density at radius 2 is 1.77 bits per heavy atom. The standard InChI is InChI=1S/C18H19ClFNO/c1-22-17-11-9-16(10-12-17)21-18(4-2-3-13-19)14-5-7-15(20)8-6-14/h2-3,5-12,18,21H,4,13H2,1H3/b3-2+/t18-/m0/s1. The number of nitrogens with one attached hydrogen (secondary N) is 1. The van der Waals surface area contributed by atoms with E-state index in [-0.39, 0.29) is 11.9 Å². The highest BCUT2D eigenvalue weighted by Crippen LogP contribution is 2.25. The van der Waals surface area contributed by atoms with E-state index in [0.717, 1.165) is 23.4 Å². The van der Waals surface area contributed by atoms with Gasteiger partial charge in [-0.25, -0.2) is 4.39 Å². The van der Waals surface area contributed by atoms with Crippen LogP contribution in [0.4, 0.5) is 10.1 Å². The minimum atomic E-state index is -0.233. The quantitative estimate of drug-likeness (QED) is 0.561. The Kier molecular flexibility index (Phi) is 6.28. The summed E-state index contributed by atoms with van der Waals surface area (Å²) < 4.78 is 18.3. The number of rotatable bonds is 7. The van der Waals surface area contributed by atoms with Crippen molar-refractivity contribution >= 4 is 17.3 Å². The van der Waals surface area contributed by atoms with Crippen LogP contribution in [0.25, 0.3) is 0 Å². The van der Waals surface area contributed by atoms with E-state index in [1.165, 1.54) is 12.1 Å². The van der Waals surface area contributed by atoms with Gasteiger partial charge in [-0.3, -0.25) is 0 Å². The van der Waals surface area contributed by atoms with Gasteiger partial charge in [0.05, 0.1) is 13.2 Å². The van der Waals surface area contributed by atoms with Gasteiger partial charge in [0.1, 0.15) is 11.6 Å². The fourth-order valence-corrected chi connectivity index (χ4v) is 2.28. The molecule has 116 valence electrons. The Balaban J connectivity index is 2.15. The molecule has 0 fully saturated rings. The molecule has 22 heavy (non-hydrogen) atoms. The molecule has 2 aromatic carbocycles. The van der Waals surface area contributed by atoms with Crippen molar-refractivity contribution < 1.29 is 9.13 Å². The molecule has 2 aromatic rings. The zero-order chi connectivity index (χ0) is 15.8. The average Bonchev–Trinajstić information content (AvgIpc) is 2.55. The zero-order valence-corrected chi connectivity index (χ0v) is 13.2. The molecule has 0 aliphatic rings. The normalized spacial score (nSPS) is 12.3. The second kappa shape index (κ2) is 8.44. The van der Waals surface area contributed by atoms with Crippen molar-refractivity contribution in [3.8, 4) is 5.75 Å². The van der Waals surface area contributed by atoms with Crippen LogP contribution in [0.2, 0.25) is 0 Å². The van der Waals surface area contributed by atoms with Crippen LogP contribution in [0.15, 0.2) is 60.7 Å². The van der Waals surface area contributed by atoms with E-state index in [4.69, 9.17) is 16.3 Å². The van der Waals surface area contributed by atoms with Gasteiger partial charge in [0.2, 0.25) is 0 Å². The third-order valence-electron chi connectivity index (χ3n) is 3.33. The lowest BCUT2D eigenvalue weighted by molar-refractivity contribution is 0.415. The third-order valence-corrected chi connectivity index (χ3v) is 3.51. The molecule has 4 heteroatoms. The number of alkyl halides is 1. The van der Waals surface area contributed by atoms with Gasteiger partial charge in [-0.05, 0) is 48.4 Å². The molecule has 2 rings (SSSR count). The van der Waals surface area contributed by atoms with Crippen LogP contribution < -0.4 is 10.1 Å². The van der Waals surface area contributed by atoms with Crippen molar-refractivity contribution in [3.05, 3.63) is 72.1 Å². The van der Waals surface area contributed by atoms with Gasteiger partial charge in [-0.15, -0.1) is 11.6 Å². The second-order valence-electron chi connectivity index (χ2n) is 4.84. The van der Waals surface area contributed by atoms with Gasteiger partial charge >= 0.3 is 0 Å². The first kappa shape index (κ1) is 16.4. The summed E-state index contributed by atoms with van der Waals surface area (Å²) in [5.41, 5.74) is 2.01. The SMILES string of the molecule is COc1ccc(N[C@@H](C/C=C/CCl)c2ccc(F)cc2)cc1. The maximum atomic E-state index is 13.1. The van der Waals surface area contributed by atoms with Gasteiger partial charge in [-0.2, -0.15) is 0 Å². The second-order valence-corrected chi connectivity index (χ2v) is 5.15. The number of anilines is 1. The number of hydrogen-bond acceptors (Lipinski definition) is 2. The van der Waals surface area contributed by atoms with Crippen LogP contribution in [0.1, 0.15) is 18.0 Å². The Labute approximate surface area is 135 Å². The molecule has 1 atom stereocenters. The van der Waals surface area contributed by atoms with Gasteiger partial charge in [0.25, 0.3) is 0 Å². The van der Waals surface area contributed by atoms with Crippen molar-refractivity contribution in [1.82, 2.24) is 0 Å². The predicted octanol–water partition coefficient (Wildman–Crippen LogP) is 5.17. The van der Waals surface area contributed by atoms with Crippen molar-refractivity contribution in [3.63, 3.8) is 0 Å². The van der Waals surface area contributed by atoms with Crippen LogP contribution in [-0.2, 0) is 0 Å². The van der Waals surface area contributed by atoms with Crippen molar-refractivity contribution in [2.75, 3.05) is 18.3 Å². The van der Waals surface area contributed by atoms with Crippen molar-refractivity contribution in [2.45, 2.75) is 12.5 Å². The molecule has 0 radical (unpaired) electrons. The predicted molar refractivity (Wildman–Crippen MR) is 90.2 cm³/mol. The highest BCUT2D eigenvalue weighted by atomic mass is 35.5. The fourth-order valence-electron chi connectivity index (χ4n) is 2.16. The summed E-state index contributed by atoms with van der Waals surface area (Å²) in [6.45, 7) is 0. The number of benzene rings is 2. The van der Waals surface area contributed by atoms with Crippen LogP contribution in [0, 0.1) is 5.82 Å². The summed E-state index contributed by atoms with van der Waals surface area (Å²) in [6, 6.07) is 14.3. The third kappa shape index (κ3) is 4.78. The lowest BCUT2D eigenvalue weighted by Gasteiger charge is -2.19. The first-order valence-corrected chi connectivity index (χ1v) is 7.63. The molecule has 0 bridgehead atoms. The number of allylic oxidation sites excluding steroid dienone is 1. The molecule has 0 saturated carbocycles. The molecule has 0 spiro atoms. The van der Waals surface area contributed by atoms with Gasteiger partial charge in [0.15, 0.2) is 0 Å². The van der Waals surface area contributed by atoms with E-state index in [0.29, 0.717) is 5.88 Å². The molecule has 0 aliphatic carbocycles. The highest BCUT2D eigenvalue weighted by molar-refractivity contribution is 6.18. The molecule has 0 heterocycles. The summed E-state index contributed by atoms with van der Waals surface area (Å²) in [4.78, 5) is 0. The van der Waals surface area contributed by atoms with E-state index < -0.39 is 0 Å². The molecule has 0 aromatic heterocycles. The van der Waals surface area contributed by atoms with E-state index >= 15 is 0 Å². The molecular formula is C18H19ClFNO. The van der Waals surface area contributed by atoms with E-state index in [2.05, 4.69) is 5.32 Å². The lowest BCUT2D eigenvalue weighted by Crippen LogP contribution is -2.10. The Morgan fingerprint density at radius 3 is 2.36 bits per heavy atom.